The molecule has 4 aromatic rings. The summed E-state index contributed by atoms with van der Waals surface area (Å²) < 4.78 is 4.77. The van der Waals surface area contributed by atoms with E-state index in [0.29, 0.717) is 11.7 Å². The molecule has 0 spiro atoms. The lowest BCUT2D eigenvalue weighted by molar-refractivity contribution is -0.385. The number of carbonyl (C=O) groups excluding carboxylic acids is 1. The van der Waals surface area contributed by atoms with Crippen molar-refractivity contribution in [2.45, 2.75) is 6.16 Å². The molecule has 0 saturated carbocycles. The van der Waals surface area contributed by atoms with Crippen molar-refractivity contribution in [2.24, 2.45) is 0 Å². The largest absolute Gasteiger partial charge is 0.465 e. The second-order valence-electron chi connectivity index (χ2n) is 7.57. The van der Waals surface area contributed by atoms with Crippen LogP contribution < -0.4 is 15.9 Å². The van der Waals surface area contributed by atoms with Gasteiger partial charge in [0.2, 0.25) is 0 Å². The lowest BCUT2D eigenvalue weighted by atomic mass is 10.1. The molecule has 4 rings (SSSR count). The van der Waals surface area contributed by atoms with Gasteiger partial charge in [-0.1, -0.05) is 54.6 Å². The maximum Gasteiger partial charge on any atom is 0.338 e. The Labute approximate surface area is 193 Å². The molecular formula is C27H23NO4P+. The zero-order valence-corrected chi connectivity index (χ0v) is 19.0. The molecule has 0 aliphatic heterocycles. The monoisotopic (exact) mass is 456 g/mol. The van der Waals surface area contributed by atoms with Crippen molar-refractivity contribution in [1.29, 1.82) is 0 Å². The first-order valence-corrected chi connectivity index (χ1v) is 12.4. The fourth-order valence-corrected chi connectivity index (χ4v) is 8.40. The Hall–Kier alpha value is -3.82. The molecule has 0 aliphatic carbocycles. The predicted molar refractivity (Wildman–Crippen MR) is 133 cm³/mol. The van der Waals surface area contributed by atoms with Crippen LogP contribution in [0.15, 0.2) is 109 Å². The molecule has 0 aromatic heterocycles. The van der Waals surface area contributed by atoms with Crippen LogP contribution in [0.5, 0.6) is 0 Å². The fraction of sp³-hybridized carbons (Fsp3) is 0.0741. The van der Waals surface area contributed by atoms with Crippen LogP contribution in [-0.4, -0.2) is 18.0 Å². The molecule has 5 nitrogen and oxygen atoms in total. The molecule has 33 heavy (non-hydrogen) atoms. The lowest BCUT2D eigenvalue weighted by Gasteiger charge is -2.27. The highest BCUT2D eigenvalue weighted by atomic mass is 31.2. The van der Waals surface area contributed by atoms with E-state index >= 15 is 0 Å². The lowest BCUT2D eigenvalue weighted by Crippen LogP contribution is -2.32. The second kappa shape index (κ2) is 9.76. The summed E-state index contributed by atoms with van der Waals surface area (Å²) >= 11 is 0. The first-order chi connectivity index (χ1) is 16.1. The highest BCUT2D eigenvalue weighted by Crippen LogP contribution is 2.58. The quantitative estimate of drug-likeness (QED) is 0.172. The maximum absolute atomic E-state index is 12.0. The van der Waals surface area contributed by atoms with E-state index in [0.717, 1.165) is 15.9 Å². The standard InChI is InChI=1S/C27H23NO4P/c1-32-27(29)21-17-18-22(26(19-21)28(30)31)20-33(23-11-5-2-6-12-23,24-13-7-3-8-14-24)25-15-9-4-10-16-25/h2-19H,20H2,1H3/q+1. The molecule has 0 saturated heterocycles. The number of benzene rings is 4. The minimum absolute atomic E-state index is 0.0786. The summed E-state index contributed by atoms with van der Waals surface area (Å²) in [5.41, 5.74) is 0.665. The number of ether oxygens (including phenoxy) is 1. The molecule has 6 heteroatoms. The van der Waals surface area contributed by atoms with Gasteiger partial charge in [-0.3, -0.25) is 10.1 Å². The van der Waals surface area contributed by atoms with E-state index in [2.05, 4.69) is 36.4 Å². The Balaban J connectivity index is 1.99. The molecule has 0 unspecified atom stereocenters. The van der Waals surface area contributed by atoms with Gasteiger partial charge < -0.3 is 4.74 Å². The Kier molecular flexibility index (Phi) is 6.62. The minimum Gasteiger partial charge on any atom is -0.465 e. The van der Waals surface area contributed by atoms with E-state index in [1.165, 1.54) is 13.2 Å². The number of hydrogen-bond donors (Lipinski definition) is 0. The summed E-state index contributed by atoms with van der Waals surface area (Å²) in [6.07, 6.45) is 0.447. The van der Waals surface area contributed by atoms with Gasteiger partial charge in [-0.05, 0) is 48.5 Å². The molecule has 0 bridgehead atoms. The third-order valence-electron chi connectivity index (χ3n) is 5.70. The van der Waals surface area contributed by atoms with Crippen LogP contribution in [0.2, 0.25) is 0 Å². The van der Waals surface area contributed by atoms with Crippen LogP contribution in [0.4, 0.5) is 5.69 Å². The second-order valence-corrected chi connectivity index (χ2v) is 11.1. The molecular weight excluding hydrogens is 433 g/mol. The number of hydrogen-bond acceptors (Lipinski definition) is 4. The number of rotatable bonds is 7. The predicted octanol–water partition coefficient (Wildman–Crippen LogP) is 4.88. The average Bonchev–Trinajstić information content (AvgIpc) is 2.88. The van der Waals surface area contributed by atoms with Crippen LogP contribution in [0, 0.1) is 10.1 Å². The summed E-state index contributed by atoms with van der Waals surface area (Å²) in [5.74, 6) is -0.597. The Morgan fingerprint density at radius 3 is 1.64 bits per heavy atom. The molecule has 164 valence electrons. The van der Waals surface area contributed by atoms with E-state index < -0.39 is 18.2 Å². The van der Waals surface area contributed by atoms with Gasteiger partial charge in [0.05, 0.1) is 23.2 Å². The van der Waals surface area contributed by atoms with E-state index in [9.17, 15) is 14.9 Å². The molecule has 0 radical (unpaired) electrons. The number of nitrogens with zero attached hydrogens (tertiary/aromatic N) is 1. The van der Waals surface area contributed by atoms with E-state index in [1.807, 2.05) is 54.6 Å². The Morgan fingerprint density at radius 1 is 0.788 bits per heavy atom. The first kappa shape index (κ1) is 22.4. The van der Waals surface area contributed by atoms with Crippen molar-refractivity contribution >= 4 is 34.8 Å². The van der Waals surface area contributed by atoms with Crippen LogP contribution in [0.3, 0.4) is 0 Å². The SMILES string of the molecule is COC(=O)c1ccc(C[P+](c2ccccc2)(c2ccccc2)c2ccccc2)c([N+](=O)[O-])c1. The zero-order chi connectivity index (χ0) is 23.3. The van der Waals surface area contributed by atoms with Gasteiger partial charge in [0.1, 0.15) is 29.3 Å². The zero-order valence-electron chi connectivity index (χ0n) is 18.1. The Morgan fingerprint density at radius 2 is 1.24 bits per heavy atom. The van der Waals surface area contributed by atoms with Crippen LogP contribution >= 0.6 is 7.26 Å². The topological polar surface area (TPSA) is 69.4 Å². The van der Waals surface area contributed by atoms with Gasteiger partial charge in [-0.15, -0.1) is 0 Å². The Bertz CT molecular complexity index is 1160. The van der Waals surface area contributed by atoms with Crippen molar-refractivity contribution in [2.75, 3.05) is 7.11 Å². The summed E-state index contributed by atoms with van der Waals surface area (Å²) in [6.45, 7) is 0. The summed E-state index contributed by atoms with van der Waals surface area (Å²) in [4.78, 5) is 23.6. The smallest absolute Gasteiger partial charge is 0.338 e. The molecule has 0 aliphatic rings. The van der Waals surface area contributed by atoms with E-state index in [-0.39, 0.29) is 11.3 Å². The molecule has 0 atom stereocenters. The van der Waals surface area contributed by atoms with E-state index in [4.69, 9.17) is 4.74 Å². The maximum atomic E-state index is 12.0. The van der Waals surface area contributed by atoms with Crippen molar-refractivity contribution in [3.63, 3.8) is 0 Å². The highest BCUT2D eigenvalue weighted by Gasteiger charge is 2.46. The van der Waals surface area contributed by atoms with Crippen LogP contribution in [0.25, 0.3) is 0 Å². The number of methoxy groups -OCH3 is 1. The minimum atomic E-state index is -2.31. The van der Waals surface area contributed by atoms with Crippen molar-refractivity contribution in [3.8, 4) is 0 Å². The normalized spacial score (nSPS) is 11.1. The fourth-order valence-electron chi connectivity index (χ4n) is 4.14. The van der Waals surface area contributed by atoms with Gasteiger partial charge >= 0.3 is 5.97 Å². The van der Waals surface area contributed by atoms with Gasteiger partial charge in [0, 0.05) is 6.07 Å². The highest BCUT2D eigenvalue weighted by molar-refractivity contribution is 7.95. The van der Waals surface area contributed by atoms with Gasteiger partial charge in [0.15, 0.2) is 0 Å². The molecule has 4 aromatic carbocycles. The average molecular weight is 456 g/mol. The molecule has 0 heterocycles. The van der Waals surface area contributed by atoms with Crippen molar-refractivity contribution < 1.29 is 14.5 Å². The number of esters is 1. The first-order valence-electron chi connectivity index (χ1n) is 10.5. The van der Waals surface area contributed by atoms with Crippen LogP contribution in [-0.2, 0) is 10.9 Å². The third-order valence-corrected chi connectivity index (χ3v) is 10.1. The third kappa shape index (κ3) is 4.41. The van der Waals surface area contributed by atoms with Crippen molar-refractivity contribution in [3.05, 3.63) is 130 Å². The van der Waals surface area contributed by atoms with E-state index in [1.54, 1.807) is 12.1 Å². The van der Waals surface area contributed by atoms with Gasteiger partial charge in [-0.25, -0.2) is 4.79 Å². The number of nitro groups is 1. The summed E-state index contributed by atoms with van der Waals surface area (Å²) in [6, 6.07) is 35.2. The van der Waals surface area contributed by atoms with Gasteiger partial charge in [0.25, 0.3) is 5.69 Å². The molecule has 0 N–H and O–H groups in total. The van der Waals surface area contributed by atoms with Crippen molar-refractivity contribution in [1.82, 2.24) is 0 Å². The number of carbonyl (C=O) groups is 1. The van der Waals surface area contributed by atoms with Gasteiger partial charge in [-0.2, -0.15) is 0 Å². The summed E-state index contributed by atoms with van der Waals surface area (Å²) in [5, 5.41) is 15.4. The number of nitro benzene ring substituents is 1. The molecule has 0 amide bonds. The van der Waals surface area contributed by atoms with Crippen LogP contribution in [0.1, 0.15) is 15.9 Å². The molecule has 0 fully saturated rings. The summed E-state index contributed by atoms with van der Waals surface area (Å²) in [7, 11) is -1.05.